The normalized spacial score (nSPS) is 18.5. The van der Waals surface area contributed by atoms with Crippen molar-refractivity contribution in [3.05, 3.63) is 35.2 Å². The van der Waals surface area contributed by atoms with E-state index < -0.39 is 15.8 Å². The quantitative estimate of drug-likeness (QED) is 0.657. The number of hydrogen-bond acceptors (Lipinski definition) is 6. The number of carbonyl (C=O) groups excluding carboxylic acids is 2. The van der Waals surface area contributed by atoms with E-state index in [1.807, 2.05) is 31.2 Å². The molecule has 1 aliphatic heterocycles. The highest BCUT2D eigenvalue weighted by Gasteiger charge is 2.34. The molecular weight excluding hydrogens is 386 g/mol. The summed E-state index contributed by atoms with van der Waals surface area (Å²) in [7, 11) is -3.09. The van der Waals surface area contributed by atoms with Gasteiger partial charge in [0.05, 0.1) is 11.5 Å². The topological polar surface area (TPSA) is 80.8 Å². The Morgan fingerprint density at radius 1 is 1.30 bits per heavy atom. The van der Waals surface area contributed by atoms with Crippen LogP contribution in [0.15, 0.2) is 30.3 Å². The fourth-order valence-electron chi connectivity index (χ4n) is 3.22. The first-order valence-electron chi connectivity index (χ1n) is 9.05. The molecule has 27 heavy (non-hydrogen) atoms. The molecule has 3 rings (SSSR count). The summed E-state index contributed by atoms with van der Waals surface area (Å²) in [4.78, 5) is 26.9. The molecule has 0 radical (unpaired) electrons. The summed E-state index contributed by atoms with van der Waals surface area (Å²) < 4.78 is 29.7. The number of carbonyl (C=O) groups is 2. The van der Waals surface area contributed by atoms with Gasteiger partial charge in [-0.1, -0.05) is 31.5 Å². The average Bonchev–Trinajstić information content (AvgIpc) is 3.23. The third-order valence-corrected chi connectivity index (χ3v) is 7.52. The van der Waals surface area contributed by atoms with Crippen molar-refractivity contribution in [3.8, 4) is 0 Å². The van der Waals surface area contributed by atoms with E-state index in [1.54, 1.807) is 11.0 Å². The SMILES string of the molecule is CCCCN(C(=O)COC(=O)c1cc2ccccc2s1)[C@H]1CCS(=O)(=O)C1. The van der Waals surface area contributed by atoms with Crippen LogP contribution in [0, 0.1) is 0 Å². The molecule has 0 N–H and O–H groups in total. The lowest BCUT2D eigenvalue weighted by molar-refractivity contribution is -0.136. The van der Waals surface area contributed by atoms with Crippen LogP contribution in [0.5, 0.6) is 0 Å². The molecule has 0 aliphatic carbocycles. The second kappa shape index (κ2) is 8.39. The van der Waals surface area contributed by atoms with E-state index in [-0.39, 0.29) is 30.1 Å². The first kappa shape index (κ1) is 19.8. The van der Waals surface area contributed by atoms with Crippen molar-refractivity contribution in [2.45, 2.75) is 32.2 Å². The highest BCUT2D eigenvalue weighted by molar-refractivity contribution is 7.91. The largest absolute Gasteiger partial charge is 0.451 e. The van der Waals surface area contributed by atoms with E-state index in [4.69, 9.17) is 4.74 Å². The molecule has 0 spiro atoms. The number of fused-ring (bicyclic) bond motifs is 1. The molecule has 0 bridgehead atoms. The smallest absolute Gasteiger partial charge is 0.348 e. The van der Waals surface area contributed by atoms with Crippen LogP contribution in [-0.2, 0) is 19.4 Å². The molecule has 1 aliphatic rings. The van der Waals surface area contributed by atoms with Crippen LogP contribution < -0.4 is 0 Å². The number of amides is 1. The van der Waals surface area contributed by atoms with Crippen LogP contribution in [0.1, 0.15) is 35.9 Å². The van der Waals surface area contributed by atoms with E-state index >= 15 is 0 Å². The van der Waals surface area contributed by atoms with E-state index in [0.29, 0.717) is 17.8 Å². The van der Waals surface area contributed by atoms with Crippen molar-refractivity contribution in [1.82, 2.24) is 4.90 Å². The molecule has 8 heteroatoms. The number of nitrogens with zero attached hydrogens (tertiary/aromatic N) is 1. The van der Waals surface area contributed by atoms with Crippen LogP contribution in [0.2, 0.25) is 0 Å². The summed E-state index contributed by atoms with van der Waals surface area (Å²) in [5.41, 5.74) is 0. The maximum Gasteiger partial charge on any atom is 0.348 e. The van der Waals surface area contributed by atoms with Crippen LogP contribution in [0.4, 0.5) is 0 Å². The molecule has 0 unspecified atom stereocenters. The predicted molar refractivity (Wildman–Crippen MR) is 106 cm³/mol. The highest BCUT2D eigenvalue weighted by atomic mass is 32.2. The lowest BCUT2D eigenvalue weighted by atomic mass is 10.2. The van der Waals surface area contributed by atoms with Crippen molar-refractivity contribution >= 4 is 43.1 Å². The predicted octanol–water partition coefficient (Wildman–Crippen LogP) is 2.87. The molecule has 1 fully saturated rings. The Morgan fingerprint density at radius 3 is 2.74 bits per heavy atom. The summed E-state index contributed by atoms with van der Waals surface area (Å²) in [6.07, 6.45) is 2.12. The third kappa shape index (κ3) is 4.87. The zero-order chi connectivity index (χ0) is 19.4. The molecule has 0 saturated carbocycles. The second-order valence-electron chi connectivity index (χ2n) is 6.72. The van der Waals surface area contributed by atoms with Crippen molar-refractivity contribution in [3.63, 3.8) is 0 Å². The molecule has 1 aromatic carbocycles. The van der Waals surface area contributed by atoms with Gasteiger partial charge in [-0.25, -0.2) is 13.2 Å². The van der Waals surface area contributed by atoms with Crippen molar-refractivity contribution in [2.75, 3.05) is 24.7 Å². The third-order valence-electron chi connectivity index (χ3n) is 4.68. The maximum absolute atomic E-state index is 12.6. The van der Waals surface area contributed by atoms with Gasteiger partial charge in [0.2, 0.25) is 0 Å². The summed E-state index contributed by atoms with van der Waals surface area (Å²) in [5, 5.41) is 0.960. The van der Waals surface area contributed by atoms with Gasteiger partial charge in [0, 0.05) is 17.3 Å². The molecule has 2 heterocycles. The maximum atomic E-state index is 12.6. The first-order chi connectivity index (χ1) is 12.9. The fourth-order valence-corrected chi connectivity index (χ4v) is 5.91. The molecular formula is C19H23NO5S2. The number of hydrogen-bond donors (Lipinski definition) is 0. The molecule has 1 saturated heterocycles. The van der Waals surface area contributed by atoms with Crippen LogP contribution in [0.25, 0.3) is 10.1 Å². The minimum Gasteiger partial charge on any atom is -0.451 e. The summed E-state index contributed by atoms with van der Waals surface area (Å²) in [6, 6.07) is 9.08. The molecule has 6 nitrogen and oxygen atoms in total. The lowest BCUT2D eigenvalue weighted by Gasteiger charge is -2.28. The van der Waals surface area contributed by atoms with Gasteiger partial charge in [-0.15, -0.1) is 11.3 Å². The number of sulfone groups is 1. The monoisotopic (exact) mass is 409 g/mol. The van der Waals surface area contributed by atoms with Crippen LogP contribution >= 0.6 is 11.3 Å². The number of unbranched alkanes of at least 4 members (excludes halogenated alkanes) is 1. The van der Waals surface area contributed by atoms with Gasteiger partial charge in [-0.05, 0) is 30.4 Å². The fraction of sp³-hybridized carbons (Fsp3) is 0.474. The number of esters is 1. The van der Waals surface area contributed by atoms with Crippen molar-refractivity contribution in [2.24, 2.45) is 0 Å². The number of benzene rings is 1. The lowest BCUT2D eigenvalue weighted by Crippen LogP contribution is -2.43. The number of rotatable bonds is 7. The number of ether oxygens (including phenoxy) is 1. The minimum atomic E-state index is -3.09. The molecule has 1 aromatic heterocycles. The second-order valence-corrected chi connectivity index (χ2v) is 10.0. The van der Waals surface area contributed by atoms with Gasteiger partial charge in [0.1, 0.15) is 4.88 Å². The Balaban J connectivity index is 1.63. The highest BCUT2D eigenvalue weighted by Crippen LogP contribution is 2.26. The Kier molecular flexibility index (Phi) is 6.16. The minimum absolute atomic E-state index is 0.00723. The van der Waals surface area contributed by atoms with E-state index in [0.717, 1.165) is 22.9 Å². The van der Waals surface area contributed by atoms with E-state index in [2.05, 4.69) is 0 Å². The Morgan fingerprint density at radius 2 is 2.07 bits per heavy atom. The van der Waals surface area contributed by atoms with Gasteiger partial charge in [-0.2, -0.15) is 0 Å². The Bertz CT molecular complexity index is 901. The van der Waals surface area contributed by atoms with Crippen molar-refractivity contribution in [1.29, 1.82) is 0 Å². The molecule has 1 amide bonds. The summed E-state index contributed by atoms with van der Waals surface area (Å²) in [5.74, 6) is -0.763. The zero-order valence-corrected chi connectivity index (χ0v) is 16.9. The Labute approximate surface area is 163 Å². The van der Waals surface area contributed by atoms with Crippen molar-refractivity contribution < 1.29 is 22.7 Å². The van der Waals surface area contributed by atoms with E-state index in [9.17, 15) is 18.0 Å². The summed E-state index contributed by atoms with van der Waals surface area (Å²) in [6.45, 7) is 2.12. The average molecular weight is 410 g/mol. The van der Waals surface area contributed by atoms with Gasteiger partial charge < -0.3 is 9.64 Å². The van der Waals surface area contributed by atoms with Gasteiger partial charge in [0.25, 0.3) is 5.91 Å². The summed E-state index contributed by atoms with van der Waals surface area (Å²) >= 11 is 1.33. The molecule has 146 valence electrons. The Hall–Kier alpha value is -1.93. The molecule has 1 atom stereocenters. The van der Waals surface area contributed by atoms with Crippen LogP contribution in [0.3, 0.4) is 0 Å². The van der Waals surface area contributed by atoms with Gasteiger partial charge in [-0.3, -0.25) is 4.79 Å². The molecule has 2 aromatic rings. The zero-order valence-electron chi connectivity index (χ0n) is 15.2. The number of thiophene rings is 1. The van der Waals surface area contributed by atoms with Crippen LogP contribution in [-0.4, -0.2) is 55.9 Å². The first-order valence-corrected chi connectivity index (χ1v) is 11.7. The van der Waals surface area contributed by atoms with E-state index in [1.165, 1.54) is 11.3 Å². The standard InChI is InChI=1S/C19H23NO5S2/c1-2-3-9-20(15-8-10-27(23,24)13-15)18(21)12-25-19(22)17-11-14-6-4-5-7-16(14)26-17/h4-7,11,15H,2-3,8-10,12-13H2,1H3/t15-/m0/s1. The van der Waals surface area contributed by atoms with Gasteiger partial charge >= 0.3 is 5.97 Å². The van der Waals surface area contributed by atoms with Gasteiger partial charge in [0.15, 0.2) is 16.4 Å².